The molecular formula is C12H15N3O2S2. The maximum Gasteiger partial charge on any atom is 0.238 e. The summed E-state index contributed by atoms with van der Waals surface area (Å²) in [7, 11) is -3.69. The summed E-state index contributed by atoms with van der Waals surface area (Å²) in [5.74, 6) is 0. The van der Waals surface area contributed by atoms with E-state index in [2.05, 4.69) is 10.3 Å². The number of hydrogen-bond donors (Lipinski definition) is 2. The lowest BCUT2D eigenvalue weighted by atomic mass is 10.2. The van der Waals surface area contributed by atoms with Gasteiger partial charge in [-0.25, -0.2) is 18.5 Å². The van der Waals surface area contributed by atoms with Crippen LogP contribution in [-0.2, 0) is 16.6 Å². The second-order valence-corrected chi connectivity index (χ2v) is 6.83. The van der Waals surface area contributed by atoms with Gasteiger partial charge in [-0.2, -0.15) is 0 Å². The first-order valence-corrected chi connectivity index (χ1v) is 8.07. The second kappa shape index (κ2) is 5.28. The lowest BCUT2D eigenvalue weighted by Gasteiger charge is -2.08. The van der Waals surface area contributed by atoms with E-state index in [-0.39, 0.29) is 4.90 Å². The zero-order valence-corrected chi connectivity index (χ0v) is 12.3. The highest BCUT2D eigenvalue weighted by Crippen LogP contribution is 2.19. The smallest absolute Gasteiger partial charge is 0.238 e. The summed E-state index contributed by atoms with van der Waals surface area (Å²) in [6, 6.07) is 5.10. The molecule has 19 heavy (non-hydrogen) atoms. The van der Waals surface area contributed by atoms with Gasteiger partial charge in [-0.1, -0.05) is 6.07 Å². The lowest BCUT2D eigenvalue weighted by molar-refractivity contribution is 0.597. The highest BCUT2D eigenvalue weighted by Gasteiger charge is 2.12. The Balaban J connectivity index is 2.18. The Hall–Kier alpha value is -1.44. The van der Waals surface area contributed by atoms with Crippen molar-refractivity contribution in [3.05, 3.63) is 39.8 Å². The van der Waals surface area contributed by atoms with E-state index in [0.29, 0.717) is 17.8 Å². The van der Waals surface area contributed by atoms with Gasteiger partial charge in [0.1, 0.15) is 0 Å². The number of aryl methyl sites for hydroxylation is 2. The molecule has 1 heterocycles. The first kappa shape index (κ1) is 14.0. The predicted molar refractivity (Wildman–Crippen MR) is 76.7 cm³/mol. The van der Waals surface area contributed by atoms with E-state index in [0.717, 1.165) is 10.7 Å². The molecule has 5 nitrogen and oxygen atoms in total. The number of rotatable bonds is 4. The number of primary sulfonamides is 1. The van der Waals surface area contributed by atoms with Crippen LogP contribution in [0.1, 0.15) is 16.3 Å². The minimum Gasteiger partial charge on any atom is -0.379 e. The van der Waals surface area contributed by atoms with E-state index >= 15 is 0 Å². The standard InChI is InChI=1S/C12H15N3O2S2/c1-8-3-4-10(5-12(8)19(13,16)17)14-6-11-7-18-9(2)15-11/h3-5,7,14H,6H2,1-2H3,(H2,13,16,17). The van der Waals surface area contributed by atoms with Gasteiger partial charge in [0.15, 0.2) is 0 Å². The van der Waals surface area contributed by atoms with Crippen molar-refractivity contribution in [3.8, 4) is 0 Å². The summed E-state index contributed by atoms with van der Waals surface area (Å²) in [6.07, 6.45) is 0. The molecule has 0 aliphatic rings. The van der Waals surface area contributed by atoms with Gasteiger partial charge in [0.2, 0.25) is 10.0 Å². The van der Waals surface area contributed by atoms with Crippen LogP contribution in [0.4, 0.5) is 5.69 Å². The summed E-state index contributed by atoms with van der Waals surface area (Å²) in [6.45, 7) is 4.21. The highest BCUT2D eigenvalue weighted by atomic mass is 32.2. The molecule has 1 aromatic heterocycles. The SMILES string of the molecule is Cc1nc(CNc2ccc(C)c(S(N)(=O)=O)c2)cs1. The Labute approximate surface area is 116 Å². The maximum atomic E-state index is 11.4. The van der Waals surface area contributed by atoms with Gasteiger partial charge in [0.05, 0.1) is 22.1 Å². The van der Waals surface area contributed by atoms with Gasteiger partial charge >= 0.3 is 0 Å². The number of hydrogen-bond acceptors (Lipinski definition) is 5. The van der Waals surface area contributed by atoms with E-state index in [1.54, 1.807) is 30.4 Å². The molecule has 0 spiro atoms. The van der Waals surface area contributed by atoms with Crippen LogP contribution in [0.15, 0.2) is 28.5 Å². The average molecular weight is 297 g/mol. The maximum absolute atomic E-state index is 11.4. The van der Waals surface area contributed by atoms with Crippen LogP contribution in [-0.4, -0.2) is 13.4 Å². The van der Waals surface area contributed by atoms with Crippen molar-refractivity contribution in [3.63, 3.8) is 0 Å². The minimum absolute atomic E-state index is 0.145. The number of sulfonamides is 1. The van der Waals surface area contributed by atoms with E-state index in [4.69, 9.17) is 5.14 Å². The van der Waals surface area contributed by atoms with E-state index in [1.807, 2.05) is 18.4 Å². The van der Waals surface area contributed by atoms with Crippen molar-refractivity contribution >= 4 is 27.0 Å². The second-order valence-electron chi connectivity index (χ2n) is 4.24. The monoisotopic (exact) mass is 297 g/mol. The molecule has 0 bridgehead atoms. The summed E-state index contributed by atoms with van der Waals surface area (Å²) < 4.78 is 22.8. The molecule has 0 aliphatic carbocycles. The average Bonchev–Trinajstić information content (AvgIpc) is 2.72. The lowest BCUT2D eigenvalue weighted by Crippen LogP contribution is -2.14. The molecule has 0 atom stereocenters. The number of anilines is 1. The van der Waals surface area contributed by atoms with Crippen molar-refractivity contribution < 1.29 is 8.42 Å². The third-order valence-electron chi connectivity index (χ3n) is 2.63. The number of nitrogens with zero attached hydrogens (tertiary/aromatic N) is 1. The first-order chi connectivity index (χ1) is 8.86. The molecular weight excluding hydrogens is 282 g/mol. The van der Waals surface area contributed by atoms with Crippen molar-refractivity contribution in [1.82, 2.24) is 4.98 Å². The molecule has 1 aromatic carbocycles. The van der Waals surface area contributed by atoms with Gasteiger partial charge < -0.3 is 5.32 Å². The molecule has 0 fully saturated rings. The summed E-state index contributed by atoms with van der Waals surface area (Å²) in [5, 5.41) is 11.3. The molecule has 3 N–H and O–H groups in total. The molecule has 7 heteroatoms. The molecule has 102 valence electrons. The Morgan fingerprint density at radius 1 is 1.37 bits per heavy atom. The third-order valence-corrected chi connectivity index (χ3v) is 4.51. The molecule has 2 rings (SSSR count). The van der Waals surface area contributed by atoms with Gasteiger partial charge in [-0.05, 0) is 31.5 Å². The van der Waals surface area contributed by atoms with Crippen molar-refractivity contribution in [1.29, 1.82) is 0 Å². The van der Waals surface area contributed by atoms with Crippen LogP contribution in [0.3, 0.4) is 0 Å². The Morgan fingerprint density at radius 2 is 2.11 bits per heavy atom. The fraction of sp³-hybridized carbons (Fsp3) is 0.250. The summed E-state index contributed by atoms with van der Waals surface area (Å²) in [5.41, 5.74) is 2.28. The minimum atomic E-state index is -3.69. The molecule has 2 aromatic rings. The topological polar surface area (TPSA) is 85.1 Å². The molecule has 0 saturated heterocycles. The molecule has 0 amide bonds. The van der Waals surface area contributed by atoms with Crippen LogP contribution < -0.4 is 10.5 Å². The summed E-state index contributed by atoms with van der Waals surface area (Å²) in [4.78, 5) is 4.47. The normalized spacial score (nSPS) is 11.5. The third kappa shape index (κ3) is 3.52. The quantitative estimate of drug-likeness (QED) is 0.904. The van der Waals surface area contributed by atoms with Crippen molar-refractivity contribution in [2.75, 3.05) is 5.32 Å². The Bertz CT molecular complexity index is 693. The zero-order valence-electron chi connectivity index (χ0n) is 10.7. The van der Waals surface area contributed by atoms with Crippen LogP contribution in [0, 0.1) is 13.8 Å². The number of aromatic nitrogens is 1. The largest absolute Gasteiger partial charge is 0.379 e. The van der Waals surface area contributed by atoms with E-state index < -0.39 is 10.0 Å². The first-order valence-electron chi connectivity index (χ1n) is 5.64. The number of nitrogens with one attached hydrogen (secondary N) is 1. The van der Waals surface area contributed by atoms with E-state index in [1.165, 1.54) is 0 Å². The predicted octanol–water partition coefficient (Wildman–Crippen LogP) is 2.02. The van der Waals surface area contributed by atoms with Crippen LogP contribution in [0.2, 0.25) is 0 Å². The molecule has 0 unspecified atom stereocenters. The van der Waals surface area contributed by atoms with Gasteiger partial charge in [-0.3, -0.25) is 0 Å². The molecule has 0 aliphatic heterocycles. The van der Waals surface area contributed by atoms with Crippen LogP contribution >= 0.6 is 11.3 Å². The Morgan fingerprint density at radius 3 is 2.68 bits per heavy atom. The van der Waals surface area contributed by atoms with Gasteiger partial charge in [0.25, 0.3) is 0 Å². The number of benzene rings is 1. The highest BCUT2D eigenvalue weighted by molar-refractivity contribution is 7.89. The number of nitrogens with two attached hydrogens (primary N) is 1. The van der Waals surface area contributed by atoms with Gasteiger partial charge in [0, 0.05) is 11.1 Å². The summed E-state index contributed by atoms with van der Waals surface area (Å²) >= 11 is 1.58. The van der Waals surface area contributed by atoms with Crippen molar-refractivity contribution in [2.45, 2.75) is 25.3 Å². The molecule has 0 saturated carbocycles. The fourth-order valence-corrected chi connectivity index (χ4v) is 3.12. The van der Waals surface area contributed by atoms with Gasteiger partial charge in [-0.15, -0.1) is 11.3 Å². The fourth-order valence-electron chi connectivity index (χ4n) is 1.70. The zero-order chi connectivity index (χ0) is 14.0. The Kier molecular flexibility index (Phi) is 3.88. The molecule has 0 radical (unpaired) electrons. The van der Waals surface area contributed by atoms with Crippen LogP contribution in [0.25, 0.3) is 0 Å². The van der Waals surface area contributed by atoms with E-state index in [9.17, 15) is 8.42 Å². The van der Waals surface area contributed by atoms with Crippen LogP contribution in [0.5, 0.6) is 0 Å². The number of thiazole rings is 1. The van der Waals surface area contributed by atoms with Crippen molar-refractivity contribution in [2.24, 2.45) is 5.14 Å².